The van der Waals surface area contributed by atoms with E-state index in [9.17, 15) is 4.79 Å². The lowest BCUT2D eigenvalue weighted by Crippen LogP contribution is -2.22. The first kappa shape index (κ1) is 16.1. The second-order valence-electron chi connectivity index (χ2n) is 6.31. The van der Waals surface area contributed by atoms with Crippen molar-refractivity contribution in [1.82, 2.24) is 24.8 Å². The Labute approximate surface area is 150 Å². The molecule has 0 aliphatic carbocycles. The lowest BCUT2D eigenvalue weighted by atomic mass is 10.1. The number of imidazole rings is 1. The molecule has 4 rings (SSSR count). The van der Waals surface area contributed by atoms with E-state index in [0.717, 1.165) is 28.0 Å². The number of hydrogen-bond donors (Lipinski definition) is 2. The SMILES string of the molecule is Cc1[nH]c2ccc(C(=O)NCc3ccnc(-n4ccnc4)c3)cc2c1C. The molecule has 26 heavy (non-hydrogen) atoms. The molecule has 2 N–H and O–H groups in total. The highest BCUT2D eigenvalue weighted by Gasteiger charge is 2.10. The van der Waals surface area contributed by atoms with Crippen molar-refractivity contribution < 1.29 is 4.79 Å². The number of aromatic amines is 1. The zero-order valence-electron chi connectivity index (χ0n) is 14.7. The lowest BCUT2D eigenvalue weighted by Gasteiger charge is -2.08. The molecule has 6 heteroatoms. The van der Waals surface area contributed by atoms with Crippen molar-refractivity contribution in [2.24, 2.45) is 0 Å². The third kappa shape index (κ3) is 2.97. The van der Waals surface area contributed by atoms with Crippen molar-refractivity contribution in [2.45, 2.75) is 20.4 Å². The first-order chi connectivity index (χ1) is 12.6. The van der Waals surface area contributed by atoms with Gasteiger partial charge in [-0.3, -0.25) is 9.36 Å². The molecule has 0 radical (unpaired) electrons. The Morgan fingerprint density at radius 1 is 1.19 bits per heavy atom. The fourth-order valence-corrected chi connectivity index (χ4v) is 2.99. The minimum absolute atomic E-state index is 0.0915. The number of nitrogens with one attached hydrogen (secondary N) is 2. The van der Waals surface area contributed by atoms with Crippen LogP contribution in [0.1, 0.15) is 27.2 Å². The van der Waals surface area contributed by atoms with Gasteiger partial charge >= 0.3 is 0 Å². The van der Waals surface area contributed by atoms with Crippen molar-refractivity contribution in [3.8, 4) is 5.82 Å². The van der Waals surface area contributed by atoms with Gasteiger partial charge in [0.25, 0.3) is 5.91 Å². The topological polar surface area (TPSA) is 75.6 Å². The predicted molar refractivity (Wildman–Crippen MR) is 100 cm³/mol. The van der Waals surface area contributed by atoms with Crippen LogP contribution in [-0.4, -0.2) is 25.4 Å². The standard InChI is InChI=1S/C20H19N5O/c1-13-14(2)24-18-4-3-16(10-17(13)18)20(26)23-11-15-5-6-22-19(9-15)25-8-7-21-12-25/h3-10,12,24H,11H2,1-2H3,(H,23,26). The van der Waals surface area contributed by atoms with Crippen LogP contribution in [0.15, 0.2) is 55.2 Å². The van der Waals surface area contributed by atoms with Gasteiger partial charge in [0.2, 0.25) is 0 Å². The van der Waals surface area contributed by atoms with Crippen molar-refractivity contribution in [3.05, 3.63) is 77.6 Å². The Bertz CT molecular complexity index is 1080. The molecule has 0 unspecified atom stereocenters. The molecule has 4 aromatic rings. The van der Waals surface area contributed by atoms with E-state index >= 15 is 0 Å². The van der Waals surface area contributed by atoms with Crippen LogP contribution >= 0.6 is 0 Å². The van der Waals surface area contributed by atoms with E-state index in [1.165, 1.54) is 5.56 Å². The molecule has 6 nitrogen and oxygen atoms in total. The lowest BCUT2D eigenvalue weighted by molar-refractivity contribution is 0.0951. The molecule has 0 saturated carbocycles. The van der Waals surface area contributed by atoms with Crippen LogP contribution in [0, 0.1) is 13.8 Å². The quantitative estimate of drug-likeness (QED) is 0.596. The predicted octanol–water partition coefficient (Wildman–Crippen LogP) is 3.30. The van der Waals surface area contributed by atoms with Gasteiger partial charge in [0, 0.05) is 47.3 Å². The number of hydrogen-bond acceptors (Lipinski definition) is 3. The number of pyridine rings is 1. The van der Waals surface area contributed by atoms with Gasteiger partial charge in [-0.05, 0) is 55.3 Å². The highest BCUT2D eigenvalue weighted by atomic mass is 16.1. The molecule has 0 saturated heterocycles. The van der Waals surface area contributed by atoms with Gasteiger partial charge in [0.15, 0.2) is 0 Å². The van der Waals surface area contributed by atoms with Gasteiger partial charge in [-0.15, -0.1) is 0 Å². The van der Waals surface area contributed by atoms with Gasteiger partial charge in [0.1, 0.15) is 12.1 Å². The van der Waals surface area contributed by atoms with Gasteiger partial charge < -0.3 is 10.3 Å². The third-order valence-corrected chi connectivity index (χ3v) is 4.60. The molecular weight excluding hydrogens is 326 g/mol. The molecule has 0 fully saturated rings. The number of fused-ring (bicyclic) bond motifs is 1. The first-order valence-electron chi connectivity index (χ1n) is 8.42. The zero-order chi connectivity index (χ0) is 18.1. The van der Waals surface area contributed by atoms with Crippen LogP contribution in [-0.2, 0) is 6.54 Å². The highest BCUT2D eigenvalue weighted by Crippen LogP contribution is 2.22. The average molecular weight is 345 g/mol. The summed E-state index contributed by atoms with van der Waals surface area (Å²) in [5, 5.41) is 4.06. The van der Waals surface area contributed by atoms with Gasteiger partial charge in [0.05, 0.1) is 0 Å². The summed E-state index contributed by atoms with van der Waals surface area (Å²) in [6.07, 6.45) is 6.97. The summed E-state index contributed by atoms with van der Waals surface area (Å²) in [6.45, 7) is 4.53. The Hall–Kier alpha value is -3.41. The number of aromatic nitrogens is 4. The van der Waals surface area contributed by atoms with Crippen LogP contribution in [0.2, 0.25) is 0 Å². The monoisotopic (exact) mass is 345 g/mol. The Balaban J connectivity index is 1.50. The molecule has 0 atom stereocenters. The van der Waals surface area contributed by atoms with E-state index in [1.54, 1.807) is 18.7 Å². The molecule has 0 bridgehead atoms. The third-order valence-electron chi connectivity index (χ3n) is 4.60. The average Bonchev–Trinajstić information content (AvgIpc) is 3.29. The number of carbonyl (C=O) groups is 1. The normalized spacial score (nSPS) is 11.0. The summed E-state index contributed by atoms with van der Waals surface area (Å²) in [4.78, 5) is 24.2. The molecule has 1 amide bonds. The summed E-state index contributed by atoms with van der Waals surface area (Å²) in [5.74, 6) is 0.681. The molecular formula is C20H19N5O. The highest BCUT2D eigenvalue weighted by molar-refractivity contribution is 5.99. The Morgan fingerprint density at radius 3 is 2.88 bits per heavy atom. The van der Waals surface area contributed by atoms with Crippen LogP contribution < -0.4 is 5.32 Å². The summed E-state index contributed by atoms with van der Waals surface area (Å²) in [6, 6.07) is 9.56. The minimum Gasteiger partial charge on any atom is -0.358 e. The summed E-state index contributed by atoms with van der Waals surface area (Å²) in [7, 11) is 0. The fraction of sp³-hybridized carbons (Fsp3) is 0.150. The van der Waals surface area contributed by atoms with Crippen LogP contribution in [0.5, 0.6) is 0 Å². The van der Waals surface area contributed by atoms with E-state index in [1.807, 2.05) is 48.0 Å². The number of H-pyrrole nitrogens is 1. The number of nitrogens with zero attached hydrogens (tertiary/aromatic N) is 3. The van der Waals surface area contributed by atoms with E-state index in [-0.39, 0.29) is 5.91 Å². The number of carbonyl (C=O) groups excluding carboxylic acids is 1. The molecule has 1 aromatic carbocycles. The van der Waals surface area contributed by atoms with Crippen LogP contribution in [0.4, 0.5) is 0 Å². The zero-order valence-corrected chi connectivity index (χ0v) is 14.7. The van der Waals surface area contributed by atoms with Crippen molar-refractivity contribution in [1.29, 1.82) is 0 Å². The maximum atomic E-state index is 12.5. The van der Waals surface area contributed by atoms with Crippen molar-refractivity contribution >= 4 is 16.8 Å². The summed E-state index contributed by atoms with van der Waals surface area (Å²) in [5.41, 5.74) is 4.99. The van der Waals surface area contributed by atoms with Crippen molar-refractivity contribution in [3.63, 3.8) is 0 Å². The number of aryl methyl sites for hydroxylation is 2. The molecule has 0 aliphatic heterocycles. The van der Waals surface area contributed by atoms with Crippen LogP contribution in [0.25, 0.3) is 16.7 Å². The summed E-state index contributed by atoms with van der Waals surface area (Å²) < 4.78 is 1.83. The largest absolute Gasteiger partial charge is 0.358 e. The maximum absolute atomic E-state index is 12.5. The van der Waals surface area contributed by atoms with E-state index in [2.05, 4.69) is 27.2 Å². The van der Waals surface area contributed by atoms with E-state index in [0.29, 0.717) is 12.1 Å². The number of amides is 1. The number of benzene rings is 1. The molecule has 0 spiro atoms. The first-order valence-corrected chi connectivity index (χ1v) is 8.42. The van der Waals surface area contributed by atoms with E-state index < -0.39 is 0 Å². The second-order valence-corrected chi connectivity index (χ2v) is 6.31. The van der Waals surface area contributed by atoms with Gasteiger partial charge in [-0.25, -0.2) is 9.97 Å². The summed E-state index contributed by atoms with van der Waals surface area (Å²) >= 11 is 0. The fourth-order valence-electron chi connectivity index (χ4n) is 2.99. The Kier molecular flexibility index (Phi) is 4.01. The van der Waals surface area contributed by atoms with Gasteiger partial charge in [-0.2, -0.15) is 0 Å². The molecule has 130 valence electrons. The molecule has 0 aliphatic rings. The smallest absolute Gasteiger partial charge is 0.251 e. The molecule has 3 heterocycles. The molecule has 3 aromatic heterocycles. The van der Waals surface area contributed by atoms with Gasteiger partial charge in [-0.1, -0.05) is 0 Å². The van der Waals surface area contributed by atoms with Crippen LogP contribution in [0.3, 0.4) is 0 Å². The minimum atomic E-state index is -0.0915. The van der Waals surface area contributed by atoms with Crippen molar-refractivity contribution in [2.75, 3.05) is 0 Å². The second kappa shape index (κ2) is 6.48. The van der Waals surface area contributed by atoms with E-state index in [4.69, 9.17) is 0 Å². The maximum Gasteiger partial charge on any atom is 0.251 e. The Morgan fingerprint density at radius 2 is 2.08 bits per heavy atom. The number of rotatable bonds is 4.